The minimum absolute atomic E-state index is 0.227. The van der Waals surface area contributed by atoms with E-state index in [4.69, 9.17) is 0 Å². The molecule has 0 amide bonds. The number of rotatable bonds is 5. The molecule has 4 heteroatoms. The van der Waals surface area contributed by atoms with Crippen molar-refractivity contribution in [3.63, 3.8) is 0 Å². The van der Waals surface area contributed by atoms with E-state index < -0.39 is 0 Å². The van der Waals surface area contributed by atoms with Crippen LogP contribution < -0.4 is 5.32 Å². The van der Waals surface area contributed by atoms with Crippen LogP contribution in [-0.2, 0) is 13.0 Å². The molecule has 0 bridgehead atoms. The lowest BCUT2D eigenvalue weighted by atomic mass is 9.96. The molecule has 3 rings (SSSR count). The number of hydrogen-bond acceptors (Lipinski definition) is 3. The van der Waals surface area contributed by atoms with E-state index in [1.54, 1.807) is 6.33 Å². The predicted molar refractivity (Wildman–Crippen MR) is 85.1 cm³/mol. The number of aryl methyl sites for hydroxylation is 1. The normalized spacial score (nSPS) is 12.7. The molecule has 108 valence electrons. The smallest absolute Gasteiger partial charge is 0.138 e. The summed E-state index contributed by atoms with van der Waals surface area (Å²) in [7, 11) is 2.00. The second-order valence-electron chi connectivity index (χ2n) is 5.11. The molecule has 1 aromatic heterocycles. The highest BCUT2D eigenvalue weighted by Crippen LogP contribution is 2.26. The van der Waals surface area contributed by atoms with E-state index in [0.29, 0.717) is 0 Å². The first-order valence-electron chi connectivity index (χ1n) is 7.35. The molecule has 3 aromatic rings. The number of hydrogen-bond donors (Lipinski definition) is 1. The van der Waals surface area contributed by atoms with E-state index in [0.717, 1.165) is 18.8 Å². The summed E-state index contributed by atoms with van der Waals surface area (Å²) < 4.78 is 1.95. The van der Waals surface area contributed by atoms with Gasteiger partial charge in [-0.3, -0.25) is 4.68 Å². The molecule has 0 aliphatic carbocycles. The molecular weight excluding hydrogens is 260 g/mol. The Hall–Kier alpha value is -2.20. The number of likely N-dealkylation sites (N-methyl/N-ethyl adjacent to an activating group) is 1. The van der Waals surface area contributed by atoms with Crippen LogP contribution in [0.15, 0.2) is 48.8 Å². The first-order chi connectivity index (χ1) is 10.3. The lowest BCUT2D eigenvalue weighted by Gasteiger charge is -2.18. The van der Waals surface area contributed by atoms with Crippen molar-refractivity contribution >= 4 is 10.8 Å². The van der Waals surface area contributed by atoms with Gasteiger partial charge in [-0.25, -0.2) is 4.98 Å². The minimum atomic E-state index is 0.227. The van der Waals surface area contributed by atoms with E-state index >= 15 is 0 Å². The van der Waals surface area contributed by atoms with Crippen molar-refractivity contribution in [2.75, 3.05) is 7.05 Å². The van der Waals surface area contributed by atoms with Crippen molar-refractivity contribution in [1.29, 1.82) is 0 Å². The van der Waals surface area contributed by atoms with Crippen LogP contribution >= 0.6 is 0 Å². The van der Waals surface area contributed by atoms with Crippen molar-refractivity contribution < 1.29 is 0 Å². The summed E-state index contributed by atoms with van der Waals surface area (Å²) in [5.74, 6) is 1.02. The van der Waals surface area contributed by atoms with E-state index in [9.17, 15) is 0 Å². The summed E-state index contributed by atoms with van der Waals surface area (Å²) in [6.07, 6.45) is 2.47. The molecule has 0 saturated heterocycles. The minimum Gasteiger partial charge on any atom is -0.313 e. The molecule has 0 saturated carbocycles. The number of nitrogens with zero attached hydrogens (tertiary/aromatic N) is 3. The molecule has 21 heavy (non-hydrogen) atoms. The molecule has 2 aromatic carbocycles. The summed E-state index contributed by atoms with van der Waals surface area (Å²) >= 11 is 0. The Morgan fingerprint density at radius 2 is 1.95 bits per heavy atom. The fourth-order valence-corrected chi connectivity index (χ4v) is 2.81. The van der Waals surface area contributed by atoms with Gasteiger partial charge in [-0.2, -0.15) is 5.10 Å². The highest BCUT2D eigenvalue weighted by molar-refractivity contribution is 5.86. The molecule has 1 atom stereocenters. The summed E-state index contributed by atoms with van der Waals surface area (Å²) in [4.78, 5) is 4.39. The fourth-order valence-electron chi connectivity index (χ4n) is 2.81. The van der Waals surface area contributed by atoms with Crippen molar-refractivity contribution in [1.82, 2.24) is 20.1 Å². The molecule has 1 N–H and O–H groups in total. The lowest BCUT2D eigenvalue weighted by Crippen LogP contribution is -2.21. The van der Waals surface area contributed by atoms with Gasteiger partial charge in [-0.05, 0) is 30.3 Å². The maximum absolute atomic E-state index is 4.39. The third-order valence-corrected chi connectivity index (χ3v) is 3.93. The van der Waals surface area contributed by atoms with Gasteiger partial charge in [0.25, 0.3) is 0 Å². The average Bonchev–Trinajstić information content (AvgIpc) is 2.99. The molecular formula is C17H20N4. The van der Waals surface area contributed by atoms with Crippen molar-refractivity contribution in [2.24, 2.45) is 0 Å². The van der Waals surface area contributed by atoms with Crippen LogP contribution in [-0.4, -0.2) is 21.8 Å². The second kappa shape index (κ2) is 6.06. The molecule has 4 nitrogen and oxygen atoms in total. The molecule has 0 spiro atoms. The van der Waals surface area contributed by atoms with Gasteiger partial charge >= 0.3 is 0 Å². The van der Waals surface area contributed by atoms with E-state index in [1.807, 2.05) is 11.7 Å². The maximum Gasteiger partial charge on any atom is 0.138 e. The van der Waals surface area contributed by atoms with Gasteiger partial charge in [0, 0.05) is 19.0 Å². The molecule has 0 fully saturated rings. The van der Waals surface area contributed by atoms with Crippen molar-refractivity contribution in [2.45, 2.75) is 25.9 Å². The second-order valence-corrected chi connectivity index (χ2v) is 5.11. The summed E-state index contributed by atoms with van der Waals surface area (Å²) in [6, 6.07) is 15.2. The molecule has 1 heterocycles. The van der Waals surface area contributed by atoms with Gasteiger partial charge in [-0.15, -0.1) is 0 Å². The van der Waals surface area contributed by atoms with Gasteiger partial charge in [0.1, 0.15) is 12.2 Å². The number of aromatic nitrogens is 3. The summed E-state index contributed by atoms with van der Waals surface area (Å²) in [5, 5.41) is 10.2. The van der Waals surface area contributed by atoms with Crippen LogP contribution in [0, 0.1) is 0 Å². The Morgan fingerprint density at radius 1 is 1.14 bits per heavy atom. The Kier molecular flexibility index (Phi) is 3.97. The molecule has 0 aliphatic heterocycles. The quantitative estimate of drug-likeness (QED) is 0.781. The highest BCUT2D eigenvalue weighted by Gasteiger charge is 2.16. The summed E-state index contributed by atoms with van der Waals surface area (Å²) in [6.45, 7) is 2.94. The van der Waals surface area contributed by atoms with Gasteiger partial charge in [0.2, 0.25) is 0 Å². The highest BCUT2D eigenvalue weighted by atomic mass is 15.3. The average molecular weight is 280 g/mol. The van der Waals surface area contributed by atoms with Gasteiger partial charge < -0.3 is 5.32 Å². The number of nitrogens with one attached hydrogen (secondary N) is 1. The third kappa shape index (κ3) is 2.67. The van der Waals surface area contributed by atoms with Gasteiger partial charge in [0.15, 0.2) is 0 Å². The topological polar surface area (TPSA) is 42.7 Å². The van der Waals surface area contributed by atoms with Crippen LogP contribution in [0.25, 0.3) is 10.8 Å². The van der Waals surface area contributed by atoms with Crippen molar-refractivity contribution in [3.8, 4) is 0 Å². The van der Waals surface area contributed by atoms with Crippen LogP contribution in [0.5, 0.6) is 0 Å². The SMILES string of the molecule is CCn1ncnc1CC(NC)c1cccc2ccccc12. The van der Waals surface area contributed by atoms with Crippen LogP contribution in [0.1, 0.15) is 24.4 Å². The summed E-state index contributed by atoms with van der Waals surface area (Å²) in [5.41, 5.74) is 1.31. The zero-order valence-electron chi connectivity index (χ0n) is 12.5. The van der Waals surface area contributed by atoms with Crippen LogP contribution in [0.3, 0.4) is 0 Å². The number of fused-ring (bicyclic) bond motifs is 1. The van der Waals surface area contributed by atoms with Crippen LogP contribution in [0.2, 0.25) is 0 Å². The first-order valence-corrected chi connectivity index (χ1v) is 7.35. The number of benzene rings is 2. The Morgan fingerprint density at radius 3 is 2.76 bits per heavy atom. The van der Waals surface area contributed by atoms with E-state index in [-0.39, 0.29) is 6.04 Å². The Balaban J connectivity index is 1.99. The first kappa shape index (κ1) is 13.8. The van der Waals surface area contributed by atoms with E-state index in [1.165, 1.54) is 16.3 Å². The molecule has 0 aliphatic rings. The van der Waals surface area contributed by atoms with Gasteiger partial charge in [0.05, 0.1) is 0 Å². The van der Waals surface area contributed by atoms with Crippen LogP contribution in [0.4, 0.5) is 0 Å². The zero-order valence-corrected chi connectivity index (χ0v) is 12.5. The standard InChI is InChI=1S/C17H20N4/c1-3-21-17(19-12-20-21)11-16(18-2)15-10-6-8-13-7-4-5-9-14(13)15/h4-10,12,16,18H,3,11H2,1-2H3. The largest absolute Gasteiger partial charge is 0.313 e. The zero-order chi connectivity index (χ0) is 14.7. The van der Waals surface area contributed by atoms with Gasteiger partial charge in [-0.1, -0.05) is 42.5 Å². The van der Waals surface area contributed by atoms with Crippen molar-refractivity contribution in [3.05, 3.63) is 60.2 Å². The predicted octanol–water partition coefficient (Wildman–Crippen LogP) is 2.95. The Bertz CT molecular complexity index is 727. The van der Waals surface area contributed by atoms with E-state index in [2.05, 4.69) is 64.8 Å². The molecule has 0 radical (unpaired) electrons. The molecule has 1 unspecified atom stereocenters. The lowest BCUT2D eigenvalue weighted by molar-refractivity contribution is 0.536. The maximum atomic E-state index is 4.39. The fraction of sp³-hybridized carbons (Fsp3) is 0.294. The third-order valence-electron chi connectivity index (χ3n) is 3.93. The Labute approximate surface area is 124 Å². The monoisotopic (exact) mass is 280 g/mol.